The zero-order chi connectivity index (χ0) is 13.0. The standard InChI is InChI=1S/C14H21N3O/c1-11-4-2-3-5-12(11)10-17(13-6-7-13)9-8-14(15)16-18/h2-5,13,18H,6-10H2,1H3,(H2,15,16). The van der Waals surface area contributed by atoms with E-state index in [2.05, 4.69) is 41.2 Å². The van der Waals surface area contributed by atoms with Gasteiger partial charge in [0.2, 0.25) is 0 Å². The molecule has 0 aromatic heterocycles. The maximum atomic E-state index is 8.58. The Bertz CT molecular complexity index is 427. The van der Waals surface area contributed by atoms with Gasteiger partial charge in [-0.3, -0.25) is 4.90 Å². The van der Waals surface area contributed by atoms with Crippen LogP contribution in [0.1, 0.15) is 30.4 Å². The van der Waals surface area contributed by atoms with E-state index in [0.29, 0.717) is 18.3 Å². The summed E-state index contributed by atoms with van der Waals surface area (Å²) >= 11 is 0. The molecule has 1 aromatic carbocycles. The van der Waals surface area contributed by atoms with Gasteiger partial charge in [-0.05, 0) is 30.9 Å². The third-order valence-corrected chi connectivity index (χ3v) is 3.48. The van der Waals surface area contributed by atoms with Crippen molar-refractivity contribution in [1.29, 1.82) is 0 Å². The summed E-state index contributed by atoms with van der Waals surface area (Å²) in [6, 6.07) is 9.14. The molecule has 98 valence electrons. The fraction of sp³-hybridized carbons (Fsp3) is 0.500. The van der Waals surface area contributed by atoms with Crippen molar-refractivity contribution in [3.63, 3.8) is 0 Å². The van der Waals surface area contributed by atoms with Gasteiger partial charge in [0.25, 0.3) is 0 Å². The van der Waals surface area contributed by atoms with Crippen LogP contribution in [0.2, 0.25) is 0 Å². The molecule has 4 nitrogen and oxygen atoms in total. The highest BCUT2D eigenvalue weighted by molar-refractivity contribution is 5.79. The van der Waals surface area contributed by atoms with Crippen LogP contribution in [-0.2, 0) is 6.54 Å². The van der Waals surface area contributed by atoms with Crippen LogP contribution in [-0.4, -0.2) is 28.5 Å². The predicted octanol–water partition coefficient (Wildman–Crippen LogP) is 2.10. The number of hydrogen-bond donors (Lipinski definition) is 2. The van der Waals surface area contributed by atoms with Crippen LogP contribution in [0.5, 0.6) is 0 Å². The maximum Gasteiger partial charge on any atom is 0.140 e. The second-order valence-corrected chi connectivity index (χ2v) is 4.97. The Morgan fingerprint density at radius 3 is 2.78 bits per heavy atom. The van der Waals surface area contributed by atoms with Crippen molar-refractivity contribution in [2.24, 2.45) is 10.9 Å². The summed E-state index contributed by atoms with van der Waals surface area (Å²) in [7, 11) is 0. The minimum Gasteiger partial charge on any atom is -0.409 e. The summed E-state index contributed by atoms with van der Waals surface area (Å²) in [4.78, 5) is 2.43. The van der Waals surface area contributed by atoms with Crippen molar-refractivity contribution in [2.75, 3.05) is 6.54 Å². The lowest BCUT2D eigenvalue weighted by molar-refractivity contribution is 0.259. The first-order chi connectivity index (χ1) is 8.70. The van der Waals surface area contributed by atoms with Crippen LogP contribution < -0.4 is 5.73 Å². The Kier molecular flexibility index (Phi) is 4.20. The number of benzene rings is 1. The van der Waals surface area contributed by atoms with Crippen molar-refractivity contribution < 1.29 is 5.21 Å². The van der Waals surface area contributed by atoms with E-state index in [9.17, 15) is 0 Å². The Hall–Kier alpha value is -1.55. The lowest BCUT2D eigenvalue weighted by atomic mass is 10.1. The quantitative estimate of drug-likeness (QED) is 0.350. The maximum absolute atomic E-state index is 8.58. The molecule has 1 fully saturated rings. The van der Waals surface area contributed by atoms with Crippen molar-refractivity contribution in [1.82, 2.24) is 4.90 Å². The van der Waals surface area contributed by atoms with Gasteiger partial charge in [-0.2, -0.15) is 0 Å². The normalized spacial score (nSPS) is 16.2. The molecule has 0 bridgehead atoms. The minimum absolute atomic E-state index is 0.311. The second-order valence-electron chi connectivity index (χ2n) is 4.97. The van der Waals surface area contributed by atoms with Gasteiger partial charge in [0.05, 0.1) is 0 Å². The molecular weight excluding hydrogens is 226 g/mol. The third-order valence-electron chi connectivity index (χ3n) is 3.48. The molecule has 1 aliphatic carbocycles. The molecule has 3 N–H and O–H groups in total. The summed E-state index contributed by atoms with van der Waals surface area (Å²) in [5.74, 6) is 0.311. The smallest absolute Gasteiger partial charge is 0.140 e. The van der Waals surface area contributed by atoms with Gasteiger partial charge in [0.1, 0.15) is 5.84 Å². The number of hydrogen-bond acceptors (Lipinski definition) is 3. The van der Waals surface area contributed by atoms with E-state index in [1.54, 1.807) is 0 Å². The number of rotatable bonds is 6. The predicted molar refractivity (Wildman–Crippen MR) is 72.6 cm³/mol. The average molecular weight is 247 g/mol. The zero-order valence-electron chi connectivity index (χ0n) is 10.8. The van der Waals surface area contributed by atoms with E-state index in [-0.39, 0.29) is 0 Å². The van der Waals surface area contributed by atoms with Gasteiger partial charge in [0.15, 0.2) is 0 Å². The number of oxime groups is 1. The molecule has 1 saturated carbocycles. The molecule has 0 saturated heterocycles. The molecular formula is C14H21N3O. The molecule has 0 unspecified atom stereocenters. The molecule has 0 atom stereocenters. The van der Waals surface area contributed by atoms with Crippen LogP contribution in [0.3, 0.4) is 0 Å². The third kappa shape index (κ3) is 3.47. The Labute approximate surface area is 108 Å². The molecule has 4 heteroatoms. The van der Waals surface area contributed by atoms with Crippen LogP contribution in [0, 0.1) is 6.92 Å². The monoisotopic (exact) mass is 247 g/mol. The largest absolute Gasteiger partial charge is 0.409 e. The summed E-state index contributed by atoms with van der Waals surface area (Å²) in [5.41, 5.74) is 8.23. The molecule has 0 spiro atoms. The Morgan fingerprint density at radius 1 is 1.44 bits per heavy atom. The summed E-state index contributed by atoms with van der Waals surface area (Å²) in [6.07, 6.45) is 3.16. The van der Waals surface area contributed by atoms with Gasteiger partial charge in [0, 0.05) is 25.6 Å². The van der Waals surface area contributed by atoms with Crippen LogP contribution in [0.15, 0.2) is 29.4 Å². The molecule has 2 rings (SSSR count). The Balaban J connectivity index is 1.96. The minimum atomic E-state index is 0.311. The molecule has 0 radical (unpaired) electrons. The van der Waals surface area contributed by atoms with Crippen LogP contribution in [0.25, 0.3) is 0 Å². The number of aryl methyl sites for hydroxylation is 1. The van der Waals surface area contributed by atoms with Gasteiger partial charge >= 0.3 is 0 Å². The van der Waals surface area contributed by atoms with E-state index in [4.69, 9.17) is 10.9 Å². The number of nitrogens with two attached hydrogens (primary N) is 1. The second kappa shape index (κ2) is 5.87. The molecule has 0 amide bonds. The lowest BCUT2D eigenvalue weighted by Gasteiger charge is -2.22. The number of amidine groups is 1. The van der Waals surface area contributed by atoms with E-state index in [1.807, 2.05) is 0 Å². The topological polar surface area (TPSA) is 61.8 Å². The lowest BCUT2D eigenvalue weighted by Crippen LogP contribution is -2.30. The first kappa shape index (κ1) is 12.9. The van der Waals surface area contributed by atoms with Gasteiger partial charge in [-0.15, -0.1) is 0 Å². The average Bonchev–Trinajstić information content (AvgIpc) is 3.20. The molecule has 0 aliphatic heterocycles. The molecule has 0 heterocycles. The zero-order valence-corrected chi connectivity index (χ0v) is 10.8. The SMILES string of the molecule is Cc1ccccc1CN(CC/C(N)=N/O)C1CC1. The molecule has 1 aliphatic rings. The first-order valence-corrected chi connectivity index (χ1v) is 6.45. The van der Waals surface area contributed by atoms with Gasteiger partial charge < -0.3 is 10.9 Å². The van der Waals surface area contributed by atoms with E-state index in [1.165, 1.54) is 24.0 Å². The van der Waals surface area contributed by atoms with Crippen molar-refractivity contribution >= 4 is 5.84 Å². The van der Waals surface area contributed by atoms with Gasteiger partial charge in [-0.1, -0.05) is 29.4 Å². The summed E-state index contributed by atoms with van der Waals surface area (Å²) in [6.45, 7) is 3.95. The Morgan fingerprint density at radius 2 is 2.17 bits per heavy atom. The highest BCUT2D eigenvalue weighted by Gasteiger charge is 2.28. The fourth-order valence-corrected chi connectivity index (χ4v) is 2.14. The summed E-state index contributed by atoms with van der Waals surface area (Å²) in [5, 5.41) is 11.6. The van der Waals surface area contributed by atoms with Crippen LogP contribution in [0.4, 0.5) is 0 Å². The van der Waals surface area contributed by atoms with Crippen molar-refractivity contribution in [3.05, 3.63) is 35.4 Å². The highest BCUT2D eigenvalue weighted by Crippen LogP contribution is 2.28. The fourth-order valence-electron chi connectivity index (χ4n) is 2.14. The first-order valence-electron chi connectivity index (χ1n) is 6.45. The van der Waals surface area contributed by atoms with E-state index < -0.39 is 0 Å². The van der Waals surface area contributed by atoms with E-state index in [0.717, 1.165) is 13.1 Å². The number of nitrogens with zero attached hydrogens (tertiary/aromatic N) is 2. The van der Waals surface area contributed by atoms with E-state index >= 15 is 0 Å². The highest BCUT2D eigenvalue weighted by atomic mass is 16.4. The summed E-state index contributed by atoms with van der Waals surface area (Å²) < 4.78 is 0. The molecule has 18 heavy (non-hydrogen) atoms. The van der Waals surface area contributed by atoms with Gasteiger partial charge in [-0.25, -0.2) is 0 Å². The molecule has 1 aromatic rings. The van der Waals surface area contributed by atoms with Crippen LogP contribution >= 0.6 is 0 Å². The van der Waals surface area contributed by atoms with Crippen molar-refractivity contribution in [3.8, 4) is 0 Å². The van der Waals surface area contributed by atoms with Crippen molar-refractivity contribution in [2.45, 2.75) is 38.8 Å².